The van der Waals surface area contributed by atoms with Crippen LogP contribution in [0, 0.1) is 0 Å². The molecule has 1 aromatic rings. The number of primary amides is 1. The van der Waals surface area contributed by atoms with Crippen LogP contribution in [0.15, 0.2) is 24.3 Å². The highest BCUT2D eigenvalue weighted by Gasteiger charge is 1.98. The summed E-state index contributed by atoms with van der Waals surface area (Å²) in [5.41, 5.74) is 9.07. The molecule has 0 spiro atoms. The number of nitrogens with two attached hydrogens (primary N) is 1. The van der Waals surface area contributed by atoms with Crippen molar-refractivity contribution < 1.29 is 9.63 Å². The van der Waals surface area contributed by atoms with Crippen LogP contribution >= 0.6 is 0 Å². The summed E-state index contributed by atoms with van der Waals surface area (Å²) in [5, 5.41) is 0. The zero-order chi connectivity index (χ0) is 9.68. The second-order valence-electron chi connectivity index (χ2n) is 2.48. The van der Waals surface area contributed by atoms with Gasteiger partial charge < -0.3 is 5.73 Å². The van der Waals surface area contributed by atoms with Crippen LogP contribution in [0.3, 0.4) is 0 Å². The van der Waals surface area contributed by atoms with Crippen LogP contribution in [0.2, 0.25) is 0 Å². The summed E-state index contributed by atoms with van der Waals surface area (Å²) >= 11 is 0. The Morgan fingerprint density at radius 3 is 2.54 bits per heavy atom. The normalized spacial score (nSPS) is 9.62. The summed E-state index contributed by atoms with van der Waals surface area (Å²) in [5.74, 6) is -0.428. The Morgan fingerprint density at radius 1 is 1.46 bits per heavy atom. The number of benzene rings is 1. The molecule has 3 N–H and O–H groups in total. The minimum absolute atomic E-state index is 0.428. The summed E-state index contributed by atoms with van der Waals surface area (Å²) in [6.45, 7) is 2.46. The van der Waals surface area contributed by atoms with Crippen molar-refractivity contribution in [3.63, 3.8) is 0 Å². The van der Waals surface area contributed by atoms with Gasteiger partial charge in [0.1, 0.15) is 0 Å². The molecule has 0 radical (unpaired) electrons. The van der Waals surface area contributed by atoms with Crippen LogP contribution in [-0.2, 0) is 4.84 Å². The Labute approximate surface area is 76.6 Å². The van der Waals surface area contributed by atoms with E-state index in [1.807, 2.05) is 6.92 Å². The van der Waals surface area contributed by atoms with Crippen LogP contribution in [-0.4, -0.2) is 12.5 Å². The number of carbonyl (C=O) groups is 1. The SMILES string of the molecule is CCONc1ccc(C(N)=O)cc1. The molecule has 0 aliphatic carbocycles. The first kappa shape index (κ1) is 9.54. The third-order valence-corrected chi connectivity index (χ3v) is 1.50. The van der Waals surface area contributed by atoms with Crippen molar-refractivity contribution in [2.24, 2.45) is 5.73 Å². The van der Waals surface area contributed by atoms with Crippen molar-refractivity contribution in [1.82, 2.24) is 0 Å². The van der Waals surface area contributed by atoms with E-state index in [2.05, 4.69) is 5.48 Å². The Kier molecular flexibility index (Phi) is 3.28. The fourth-order valence-corrected chi connectivity index (χ4v) is 0.858. The summed E-state index contributed by atoms with van der Waals surface area (Å²) in [6.07, 6.45) is 0. The van der Waals surface area contributed by atoms with Crippen LogP contribution in [0.25, 0.3) is 0 Å². The van der Waals surface area contributed by atoms with Gasteiger partial charge in [0.05, 0.1) is 12.3 Å². The van der Waals surface area contributed by atoms with Crippen molar-refractivity contribution >= 4 is 11.6 Å². The van der Waals surface area contributed by atoms with Crippen LogP contribution in [0.1, 0.15) is 17.3 Å². The van der Waals surface area contributed by atoms with E-state index in [1.54, 1.807) is 24.3 Å². The first-order chi connectivity index (χ1) is 6.24. The Hall–Kier alpha value is -1.55. The molecule has 4 heteroatoms. The Balaban J connectivity index is 2.64. The van der Waals surface area contributed by atoms with E-state index in [0.29, 0.717) is 12.2 Å². The third-order valence-electron chi connectivity index (χ3n) is 1.50. The van der Waals surface area contributed by atoms with Crippen molar-refractivity contribution in [2.45, 2.75) is 6.92 Å². The van der Waals surface area contributed by atoms with Crippen LogP contribution < -0.4 is 11.2 Å². The molecule has 0 fully saturated rings. The highest BCUT2D eigenvalue weighted by molar-refractivity contribution is 5.93. The van der Waals surface area contributed by atoms with Crippen molar-refractivity contribution in [3.8, 4) is 0 Å². The molecule has 0 saturated heterocycles. The molecule has 1 rings (SSSR count). The standard InChI is InChI=1S/C9H12N2O2/c1-2-13-11-8-5-3-7(4-6-8)9(10)12/h3-6,11H,2H2,1H3,(H2,10,12). The van der Waals surface area contributed by atoms with Gasteiger partial charge in [0, 0.05) is 5.56 Å². The van der Waals surface area contributed by atoms with Gasteiger partial charge >= 0.3 is 0 Å². The lowest BCUT2D eigenvalue weighted by molar-refractivity contribution is 0.100. The molecule has 70 valence electrons. The van der Waals surface area contributed by atoms with E-state index >= 15 is 0 Å². The second-order valence-corrected chi connectivity index (χ2v) is 2.48. The van der Waals surface area contributed by atoms with Crippen molar-refractivity contribution in [3.05, 3.63) is 29.8 Å². The lowest BCUT2D eigenvalue weighted by atomic mass is 10.2. The van der Waals surface area contributed by atoms with Gasteiger partial charge in [-0.3, -0.25) is 15.1 Å². The first-order valence-electron chi connectivity index (χ1n) is 4.01. The lowest BCUT2D eigenvalue weighted by Gasteiger charge is -2.04. The van der Waals surface area contributed by atoms with Gasteiger partial charge in [0.15, 0.2) is 0 Å². The molecular formula is C9H12N2O2. The molecule has 0 heterocycles. The molecule has 0 bridgehead atoms. The summed E-state index contributed by atoms with van der Waals surface area (Å²) in [6, 6.07) is 6.75. The molecule has 0 unspecified atom stereocenters. The molecule has 0 aromatic heterocycles. The molecular weight excluding hydrogens is 168 g/mol. The zero-order valence-corrected chi connectivity index (χ0v) is 7.41. The molecule has 1 aromatic carbocycles. The van der Waals surface area contributed by atoms with Gasteiger partial charge in [0.2, 0.25) is 5.91 Å². The quantitative estimate of drug-likeness (QED) is 0.683. The van der Waals surface area contributed by atoms with E-state index < -0.39 is 5.91 Å². The number of nitrogens with one attached hydrogen (secondary N) is 1. The minimum Gasteiger partial charge on any atom is -0.366 e. The van der Waals surface area contributed by atoms with E-state index in [4.69, 9.17) is 10.6 Å². The number of carbonyl (C=O) groups excluding carboxylic acids is 1. The number of rotatable bonds is 4. The third kappa shape index (κ3) is 2.76. The summed E-state index contributed by atoms with van der Waals surface area (Å²) in [4.78, 5) is 15.7. The highest BCUT2D eigenvalue weighted by atomic mass is 16.6. The second kappa shape index (κ2) is 4.47. The van der Waals surface area contributed by atoms with E-state index in [9.17, 15) is 4.79 Å². The van der Waals surface area contributed by atoms with Crippen molar-refractivity contribution in [2.75, 3.05) is 12.1 Å². The van der Waals surface area contributed by atoms with Gasteiger partial charge in [-0.15, -0.1) is 0 Å². The maximum Gasteiger partial charge on any atom is 0.248 e. The number of amides is 1. The first-order valence-corrected chi connectivity index (χ1v) is 4.01. The molecule has 1 amide bonds. The van der Waals surface area contributed by atoms with Gasteiger partial charge in [0.25, 0.3) is 0 Å². The topological polar surface area (TPSA) is 64.3 Å². The van der Waals surface area contributed by atoms with Gasteiger partial charge in [-0.25, -0.2) is 0 Å². The molecule has 13 heavy (non-hydrogen) atoms. The molecule has 0 saturated carbocycles. The van der Waals surface area contributed by atoms with E-state index in [0.717, 1.165) is 5.69 Å². The summed E-state index contributed by atoms with van der Waals surface area (Å²) in [7, 11) is 0. The lowest BCUT2D eigenvalue weighted by Crippen LogP contribution is -2.10. The molecule has 4 nitrogen and oxygen atoms in total. The van der Waals surface area contributed by atoms with Gasteiger partial charge in [-0.1, -0.05) is 0 Å². The molecule has 0 aliphatic rings. The monoisotopic (exact) mass is 180 g/mol. The van der Waals surface area contributed by atoms with Gasteiger partial charge in [-0.2, -0.15) is 0 Å². The number of hydrogen-bond donors (Lipinski definition) is 2. The van der Waals surface area contributed by atoms with Gasteiger partial charge in [-0.05, 0) is 31.2 Å². The smallest absolute Gasteiger partial charge is 0.248 e. The maximum absolute atomic E-state index is 10.7. The molecule has 0 aliphatic heterocycles. The average molecular weight is 180 g/mol. The van der Waals surface area contributed by atoms with Crippen LogP contribution in [0.5, 0.6) is 0 Å². The zero-order valence-electron chi connectivity index (χ0n) is 7.41. The molecule has 0 atom stereocenters. The predicted molar refractivity (Wildman–Crippen MR) is 50.2 cm³/mol. The Morgan fingerprint density at radius 2 is 2.08 bits per heavy atom. The maximum atomic E-state index is 10.7. The average Bonchev–Trinajstić information content (AvgIpc) is 2.15. The van der Waals surface area contributed by atoms with E-state index in [1.165, 1.54) is 0 Å². The fraction of sp³-hybridized carbons (Fsp3) is 0.222. The minimum atomic E-state index is -0.428. The fourth-order valence-electron chi connectivity index (χ4n) is 0.858. The van der Waals surface area contributed by atoms with Crippen molar-refractivity contribution in [1.29, 1.82) is 0 Å². The summed E-state index contributed by atoms with van der Waals surface area (Å²) < 4.78 is 0. The van der Waals surface area contributed by atoms with Crippen LogP contribution in [0.4, 0.5) is 5.69 Å². The number of hydrogen-bond acceptors (Lipinski definition) is 3. The van der Waals surface area contributed by atoms with E-state index in [-0.39, 0.29) is 0 Å². The largest absolute Gasteiger partial charge is 0.366 e. The highest BCUT2D eigenvalue weighted by Crippen LogP contribution is 2.08. The predicted octanol–water partition coefficient (Wildman–Crippen LogP) is 1.15. The number of anilines is 1. The Bertz CT molecular complexity index is 282.